The van der Waals surface area contributed by atoms with Gasteiger partial charge in [0, 0.05) is 44.4 Å². The van der Waals surface area contributed by atoms with Gasteiger partial charge in [0.05, 0.1) is 45.8 Å². The number of aromatic nitrogens is 7. The number of carbonyl (C=O) groups excluding carboxylic acids is 2. The molecular weight excluding hydrogens is 988 g/mol. The number of amides is 3. The van der Waals surface area contributed by atoms with Gasteiger partial charge < -0.3 is 23.8 Å². The van der Waals surface area contributed by atoms with Crippen LogP contribution in [0.25, 0.3) is 11.1 Å². The highest BCUT2D eigenvalue weighted by Gasteiger charge is 2.21. The number of halogens is 5. The van der Waals surface area contributed by atoms with E-state index in [4.69, 9.17) is 60.0 Å². The fourth-order valence-corrected chi connectivity index (χ4v) is 7.11. The molecule has 69 heavy (non-hydrogen) atoms. The van der Waals surface area contributed by atoms with Crippen molar-refractivity contribution in [1.29, 1.82) is 0 Å². The van der Waals surface area contributed by atoms with Crippen LogP contribution in [0.15, 0.2) is 131 Å². The van der Waals surface area contributed by atoms with E-state index in [9.17, 15) is 9.59 Å². The first-order valence-corrected chi connectivity index (χ1v) is 23.0. The molecule has 2 aliphatic heterocycles. The number of alkyl halides is 2. The predicted molar refractivity (Wildman–Crippen MR) is 271 cm³/mol. The second-order valence-corrected chi connectivity index (χ2v) is 16.5. The second-order valence-electron chi connectivity index (χ2n) is 14.9. The number of nitrogens with zero attached hydrogens (tertiary/aromatic N) is 8. The van der Waals surface area contributed by atoms with E-state index in [1.165, 1.54) is 12.0 Å². The lowest BCUT2D eigenvalue weighted by Gasteiger charge is -2.26. The zero-order valence-corrected chi connectivity index (χ0v) is 41.3. The Kier molecular flexibility index (Phi) is 21.9. The van der Waals surface area contributed by atoms with Crippen LogP contribution in [0, 0.1) is 13.8 Å². The largest absolute Gasteiger partial charge is 0.449 e. The van der Waals surface area contributed by atoms with Gasteiger partial charge in [0.25, 0.3) is 0 Å². The number of oxazole rings is 1. The molecule has 0 bridgehead atoms. The molecule has 1 aromatic carbocycles. The molecule has 0 radical (unpaired) electrons. The molecule has 0 spiro atoms. The number of rotatable bonds is 9. The van der Waals surface area contributed by atoms with Crippen LogP contribution < -0.4 is 20.7 Å². The third-order valence-electron chi connectivity index (χ3n) is 9.81. The van der Waals surface area contributed by atoms with E-state index in [1.54, 1.807) is 72.3 Å². The van der Waals surface area contributed by atoms with E-state index in [2.05, 4.69) is 57.1 Å². The monoisotopic (exact) mass is 1030 g/mol. The first-order valence-electron chi connectivity index (χ1n) is 21.2. The number of hydrogen-bond acceptors (Lipinski definition) is 13. The summed E-state index contributed by atoms with van der Waals surface area (Å²) >= 11 is 22.3. The van der Waals surface area contributed by atoms with Crippen molar-refractivity contribution in [1.82, 2.24) is 45.3 Å². The van der Waals surface area contributed by atoms with Gasteiger partial charge in [-0.3, -0.25) is 20.6 Å². The zero-order chi connectivity index (χ0) is 48.1. The molecule has 0 saturated carbocycles. The van der Waals surface area contributed by atoms with Crippen LogP contribution in [0.5, 0.6) is 5.75 Å². The van der Waals surface area contributed by atoms with E-state index in [0.29, 0.717) is 71.6 Å². The van der Waals surface area contributed by atoms with Gasteiger partial charge >= 0.3 is 12.1 Å². The van der Waals surface area contributed by atoms with Crippen LogP contribution in [0.4, 0.5) is 21.2 Å². The molecule has 3 N–H and O–H groups in total. The lowest BCUT2D eigenvalue weighted by molar-refractivity contribution is 0.214. The van der Waals surface area contributed by atoms with Crippen molar-refractivity contribution in [3.8, 4) is 5.75 Å². The minimum Gasteiger partial charge on any atom is -0.449 e. The Morgan fingerprint density at radius 1 is 0.754 bits per heavy atom. The van der Waals surface area contributed by atoms with Crippen molar-refractivity contribution in [3.63, 3.8) is 0 Å². The number of anilines is 2. The van der Waals surface area contributed by atoms with Crippen molar-refractivity contribution in [2.24, 2.45) is 0 Å². The van der Waals surface area contributed by atoms with Crippen molar-refractivity contribution in [3.05, 3.63) is 178 Å². The third kappa shape index (κ3) is 17.6. The van der Waals surface area contributed by atoms with E-state index in [-0.39, 0.29) is 23.8 Å². The fourth-order valence-electron chi connectivity index (χ4n) is 6.49. The van der Waals surface area contributed by atoms with Crippen molar-refractivity contribution < 1.29 is 23.2 Å². The van der Waals surface area contributed by atoms with E-state index < -0.39 is 6.09 Å². The van der Waals surface area contributed by atoms with Crippen molar-refractivity contribution in [2.75, 3.05) is 42.2 Å². The van der Waals surface area contributed by atoms with Gasteiger partial charge in [-0.1, -0.05) is 65.7 Å². The van der Waals surface area contributed by atoms with E-state index in [1.807, 2.05) is 56.5 Å². The molecule has 0 saturated heterocycles. The quantitative estimate of drug-likeness (QED) is 0.116. The van der Waals surface area contributed by atoms with Gasteiger partial charge in [-0.2, -0.15) is 0 Å². The summed E-state index contributed by atoms with van der Waals surface area (Å²) in [6, 6.07) is 19.8. The number of urea groups is 1. The average Bonchev–Trinajstić information content (AvgIpc) is 4.07. The fraction of sp³-hybridized carbons (Fsp3) is 0.229. The van der Waals surface area contributed by atoms with Crippen LogP contribution in [0.3, 0.4) is 0 Å². The molecule has 0 atom stereocenters. The van der Waals surface area contributed by atoms with E-state index in [0.717, 1.165) is 58.7 Å². The molecule has 6 aromatic heterocycles. The number of aryl methyl sites for hydroxylation is 2. The molecule has 8 heterocycles. The highest BCUT2D eigenvalue weighted by Crippen LogP contribution is 2.29. The lowest BCUT2D eigenvalue weighted by Crippen LogP contribution is -2.38. The van der Waals surface area contributed by atoms with E-state index >= 15 is 0 Å². The average molecular weight is 1040 g/mol. The molecule has 360 valence electrons. The number of nitrogens with one attached hydrogen (secondary N) is 3. The van der Waals surface area contributed by atoms with Crippen molar-refractivity contribution >= 4 is 93.7 Å². The summed E-state index contributed by atoms with van der Waals surface area (Å²) in [6.45, 7) is 6.79. The van der Waals surface area contributed by atoms with Crippen LogP contribution in [-0.2, 0) is 12.8 Å². The molecule has 0 unspecified atom stereocenters. The molecule has 16 nitrogen and oxygen atoms in total. The second kappa shape index (κ2) is 28.2. The Labute approximate surface area is 425 Å². The Morgan fingerprint density at radius 2 is 1.38 bits per heavy atom. The summed E-state index contributed by atoms with van der Waals surface area (Å²) in [5, 5.41) is 17.6. The molecular formula is C48H48Cl5N11O5. The van der Waals surface area contributed by atoms with Gasteiger partial charge in [-0.15, -0.1) is 45.8 Å². The molecule has 0 fully saturated rings. The first kappa shape index (κ1) is 53.6. The minimum atomic E-state index is -0.549. The lowest BCUT2D eigenvalue weighted by atomic mass is 10.0. The highest BCUT2D eigenvalue weighted by molar-refractivity contribution is 6.40. The molecule has 2 aliphatic rings. The summed E-state index contributed by atoms with van der Waals surface area (Å²) < 4.78 is 15.4. The third-order valence-corrected chi connectivity index (χ3v) is 10.4. The summed E-state index contributed by atoms with van der Waals surface area (Å²) in [7, 11) is 0. The van der Waals surface area contributed by atoms with Gasteiger partial charge in [0.15, 0.2) is 5.89 Å². The first-order chi connectivity index (χ1) is 33.1. The van der Waals surface area contributed by atoms with Gasteiger partial charge in [0.2, 0.25) is 12.3 Å². The summed E-state index contributed by atoms with van der Waals surface area (Å²) in [6.07, 6.45) is 17.8. The van der Waals surface area contributed by atoms with Crippen LogP contribution in [-0.4, -0.2) is 83.7 Å². The Balaban J connectivity index is 0.000000194. The number of carbonyl (C=O) groups is 2. The van der Waals surface area contributed by atoms with Gasteiger partial charge in [-0.05, 0) is 103 Å². The molecule has 0 aliphatic carbocycles. The Bertz CT molecular complexity index is 2730. The van der Waals surface area contributed by atoms with Gasteiger partial charge in [0.1, 0.15) is 23.6 Å². The SMILES string of the molecule is Cc1ccc(NC(=O)N2CC=C(c3ncc(Cc4nnco4)cc3Cl)CC2)nc1.Cc1ccc(NC(=O)Oc2ccccc2)nc1.Cl.ClCCl.Clc1cc(Cc2ncco2)cnc1C1=CCNCC1. The summed E-state index contributed by atoms with van der Waals surface area (Å²) in [5.41, 5.74) is 7.84. The number of para-hydroxylation sites is 1. The maximum absolute atomic E-state index is 12.4. The summed E-state index contributed by atoms with van der Waals surface area (Å²) in [4.78, 5) is 47.0. The van der Waals surface area contributed by atoms with Crippen LogP contribution in [0.1, 0.15) is 58.3 Å². The maximum atomic E-state index is 12.4. The zero-order valence-electron chi connectivity index (χ0n) is 37.5. The number of pyridine rings is 4. The maximum Gasteiger partial charge on any atom is 0.418 e. The standard InChI is InChI=1S/C20H19ClN6O2.C14H14ClN3O.C13H12N2O2.CH2Cl2.ClH/c1-13-2-3-17(22-10-13)25-20(28)27-6-4-15(5-7-27)19-16(21)8-14(11-23-19)9-18-26-24-12-29-18;15-12-7-10(8-13-17-5-6-19-13)9-18-14(12)11-1-3-16-4-2-11;1-10-7-8-12(14-9-10)15-13(16)17-11-5-3-2-4-6-11;2-1-3;/h2-4,8,10-12H,5-7,9H2,1H3,(H,22,25,28);1,5-7,9,16H,2-4,8H2;2-9H,1H3,(H,14,15,16);1H2;1H. The van der Waals surface area contributed by atoms with Gasteiger partial charge in [-0.25, -0.2) is 24.5 Å². The summed E-state index contributed by atoms with van der Waals surface area (Å²) in [5.74, 6) is 2.69. The number of ether oxygens (including phenoxy) is 1. The topological polar surface area (TPSA) is 199 Å². The normalized spacial score (nSPS) is 12.7. The number of hydrogen-bond donors (Lipinski definition) is 3. The van der Waals surface area contributed by atoms with Crippen LogP contribution in [0.2, 0.25) is 10.0 Å². The molecule has 3 amide bonds. The van der Waals surface area contributed by atoms with Crippen molar-refractivity contribution in [2.45, 2.75) is 39.5 Å². The Morgan fingerprint density at radius 3 is 1.88 bits per heavy atom. The molecule has 9 rings (SSSR count). The minimum absolute atomic E-state index is 0. The van der Waals surface area contributed by atoms with Crippen LogP contribution >= 0.6 is 58.8 Å². The smallest absolute Gasteiger partial charge is 0.418 e. The Hall–Kier alpha value is -6.40. The predicted octanol–water partition coefficient (Wildman–Crippen LogP) is 11.3. The number of benzene rings is 1. The highest BCUT2D eigenvalue weighted by atomic mass is 35.5. The molecule has 7 aromatic rings. The molecule has 21 heteroatoms.